The lowest BCUT2D eigenvalue weighted by Crippen LogP contribution is -2.04. The lowest BCUT2D eigenvalue weighted by Gasteiger charge is -2.04. The lowest BCUT2D eigenvalue weighted by molar-refractivity contribution is 0.0697. The molecule has 0 spiro atoms. The van der Waals surface area contributed by atoms with Crippen molar-refractivity contribution in [2.24, 2.45) is 0 Å². The van der Waals surface area contributed by atoms with E-state index in [2.05, 4.69) is 15.3 Å². The summed E-state index contributed by atoms with van der Waals surface area (Å²) in [4.78, 5) is 19.6. The number of benzene rings is 1. The van der Waals surface area contributed by atoms with Crippen molar-refractivity contribution in [3.63, 3.8) is 0 Å². The maximum absolute atomic E-state index is 11.2. The number of anilines is 2. The minimum Gasteiger partial charge on any atom is -0.497 e. The largest absolute Gasteiger partial charge is 0.497 e. The van der Waals surface area contributed by atoms with Crippen molar-refractivity contribution in [3.8, 4) is 5.75 Å². The number of rotatable bonds is 4. The molecule has 2 N–H and O–H groups in total. The van der Waals surface area contributed by atoms with Crippen LogP contribution in [-0.2, 0) is 0 Å². The van der Waals surface area contributed by atoms with Gasteiger partial charge in [0.15, 0.2) is 5.13 Å². The Kier molecular flexibility index (Phi) is 3.41. The second-order valence-corrected chi connectivity index (χ2v) is 5.21. The molecule has 2 aromatic heterocycles. The van der Waals surface area contributed by atoms with E-state index >= 15 is 0 Å². The normalized spacial score (nSPS) is 10.5. The SMILES string of the molecule is COc1ccc2nc(Nc3ncccc3C(=O)O)sc2c1. The minimum absolute atomic E-state index is 0.106. The van der Waals surface area contributed by atoms with E-state index in [1.807, 2.05) is 18.2 Å². The van der Waals surface area contributed by atoms with Gasteiger partial charge in [-0.2, -0.15) is 0 Å². The molecule has 0 aliphatic carbocycles. The first kappa shape index (κ1) is 13.3. The molecule has 0 unspecified atom stereocenters. The third-order valence-electron chi connectivity index (χ3n) is 2.86. The number of carboxylic acids is 1. The number of aromatic nitrogens is 2. The van der Waals surface area contributed by atoms with Gasteiger partial charge in [0.1, 0.15) is 17.1 Å². The van der Waals surface area contributed by atoms with Crippen molar-refractivity contribution in [2.45, 2.75) is 0 Å². The molecule has 0 amide bonds. The number of pyridine rings is 1. The van der Waals surface area contributed by atoms with Crippen LogP contribution < -0.4 is 10.1 Å². The summed E-state index contributed by atoms with van der Waals surface area (Å²) in [5.41, 5.74) is 0.922. The maximum Gasteiger partial charge on any atom is 0.339 e. The number of methoxy groups -OCH3 is 1. The predicted molar refractivity (Wildman–Crippen MR) is 80.7 cm³/mol. The molecule has 0 saturated heterocycles. The minimum atomic E-state index is -1.03. The third kappa shape index (κ3) is 2.63. The van der Waals surface area contributed by atoms with Crippen molar-refractivity contribution >= 4 is 38.5 Å². The van der Waals surface area contributed by atoms with E-state index in [4.69, 9.17) is 9.84 Å². The van der Waals surface area contributed by atoms with Crippen LogP contribution in [0.4, 0.5) is 10.9 Å². The van der Waals surface area contributed by atoms with Gasteiger partial charge < -0.3 is 15.2 Å². The van der Waals surface area contributed by atoms with Crippen LogP contribution in [0.1, 0.15) is 10.4 Å². The summed E-state index contributed by atoms with van der Waals surface area (Å²) in [5.74, 6) is -0.00818. The van der Waals surface area contributed by atoms with E-state index in [1.54, 1.807) is 13.2 Å². The Labute approximate surface area is 124 Å². The van der Waals surface area contributed by atoms with Gasteiger partial charge in [-0.05, 0) is 30.3 Å². The monoisotopic (exact) mass is 301 g/mol. The van der Waals surface area contributed by atoms with E-state index < -0.39 is 5.97 Å². The van der Waals surface area contributed by atoms with Crippen molar-refractivity contribution in [1.29, 1.82) is 0 Å². The molecule has 0 atom stereocenters. The molecular formula is C14H11N3O3S. The number of fused-ring (bicyclic) bond motifs is 1. The van der Waals surface area contributed by atoms with Gasteiger partial charge >= 0.3 is 5.97 Å². The van der Waals surface area contributed by atoms with E-state index in [9.17, 15) is 4.79 Å². The Balaban J connectivity index is 1.97. The van der Waals surface area contributed by atoms with Crippen molar-refractivity contribution in [2.75, 3.05) is 12.4 Å². The fraction of sp³-hybridized carbons (Fsp3) is 0.0714. The molecule has 0 radical (unpaired) electrons. The highest BCUT2D eigenvalue weighted by Crippen LogP contribution is 2.31. The van der Waals surface area contributed by atoms with E-state index in [-0.39, 0.29) is 11.4 Å². The van der Waals surface area contributed by atoms with Gasteiger partial charge in [0, 0.05) is 6.20 Å². The van der Waals surface area contributed by atoms with Crippen LogP contribution in [0.15, 0.2) is 36.5 Å². The number of nitrogens with zero attached hydrogens (tertiary/aromatic N) is 2. The molecule has 1 aromatic carbocycles. The van der Waals surface area contributed by atoms with Crippen LogP contribution in [0.25, 0.3) is 10.2 Å². The van der Waals surface area contributed by atoms with Gasteiger partial charge in [-0.15, -0.1) is 0 Å². The quantitative estimate of drug-likeness (QED) is 0.770. The number of carboxylic acid groups (broad SMARTS) is 1. The fourth-order valence-electron chi connectivity index (χ4n) is 1.86. The number of thiazole rings is 1. The first-order valence-electron chi connectivity index (χ1n) is 6.07. The molecule has 21 heavy (non-hydrogen) atoms. The summed E-state index contributed by atoms with van der Waals surface area (Å²) >= 11 is 1.41. The first-order chi connectivity index (χ1) is 10.2. The molecule has 0 bridgehead atoms. The number of hydrogen-bond acceptors (Lipinski definition) is 6. The smallest absolute Gasteiger partial charge is 0.339 e. The molecule has 0 saturated carbocycles. The zero-order chi connectivity index (χ0) is 14.8. The van der Waals surface area contributed by atoms with Gasteiger partial charge in [-0.1, -0.05) is 11.3 Å². The van der Waals surface area contributed by atoms with Crippen molar-refractivity contribution in [1.82, 2.24) is 9.97 Å². The summed E-state index contributed by atoms with van der Waals surface area (Å²) in [6, 6.07) is 8.64. The van der Waals surface area contributed by atoms with Gasteiger partial charge in [0.05, 0.1) is 17.3 Å². The van der Waals surface area contributed by atoms with Crippen LogP contribution in [0.5, 0.6) is 5.75 Å². The highest BCUT2D eigenvalue weighted by Gasteiger charge is 2.12. The molecule has 6 nitrogen and oxygen atoms in total. The van der Waals surface area contributed by atoms with Gasteiger partial charge in [-0.3, -0.25) is 0 Å². The highest BCUT2D eigenvalue weighted by molar-refractivity contribution is 7.22. The molecule has 106 valence electrons. The number of hydrogen-bond donors (Lipinski definition) is 2. The predicted octanol–water partition coefficient (Wildman–Crippen LogP) is 3.14. The Morgan fingerprint density at radius 2 is 2.24 bits per heavy atom. The molecule has 2 heterocycles. The molecule has 7 heteroatoms. The van der Waals surface area contributed by atoms with Crippen LogP contribution >= 0.6 is 11.3 Å². The molecule has 3 aromatic rings. The fourth-order valence-corrected chi connectivity index (χ4v) is 2.76. The average Bonchev–Trinajstić information content (AvgIpc) is 2.88. The molecule has 0 aliphatic rings. The number of ether oxygens (including phenoxy) is 1. The van der Waals surface area contributed by atoms with Crippen LogP contribution in [-0.4, -0.2) is 28.2 Å². The Bertz CT molecular complexity index is 816. The van der Waals surface area contributed by atoms with Gasteiger partial charge in [0.25, 0.3) is 0 Å². The standard InChI is InChI=1S/C14H11N3O3S/c1-20-8-4-5-10-11(7-8)21-14(16-10)17-12-9(13(18)19)3-2-6-15-12/h2-7H,1H3,(H,18,19)(H,15,16,17). The van der Waals surface area contributed by atoms with Gasteiger partial charge in [0.2, 0.25) is 0 Å². The Hall–Kier alpha value is -2.67. The second kappa shape index (κ2) is 5.37. The zero-order valence-electron chi connectivity index (χ0n) is 11.0. The first-order valence-corrected chi connectivity index (χ1v) is 6.89. The summed E-state index contributed by atoms with van der Waals surface area (Å²) in [6.45, 7) is 0. The van der Waals surface area contributed by atoms with E-state index in [1.165, 1.54) is 23.6 Å². The third-order valence-corrected chi connectivity index (χ3v) is 3.79. The molecule has 3 rings (SSSR count). The molecular weight excluding hydrogens is 290 g/mol. The number of aromatic carboxylic acids is 1. The Morgan fingerprint density at radius 3 is 3.00 bits per heavy atom. The second-order valence-electron chi connectivity index (χ2n) is 4.18. The zero-order valence-corrected chi connectivity index (χ0v) is 11.8. The average molecular weight is 301 g/mol. The lowest BCUT2D eigenvalue weighted by atomic mass is 10.2. The van der Waals surface area contributed by atoms with Crippen LogP contribution in [0.3, 0.4) is 0 Å². The molecule has 0 fully saturated rings. The highest BCUT2D eigenvalue weighted by atomic mass is 32.1. The summed E-state index contributed by atoms with van der Waals surface area (Å²) in [7, 11) is 1.61. The summed E-state index contributed by atoms with van der Waals surface area (Å²) in [6.07, 6.45) is 1.53. The topological polar surface area (TPSA) is 84.3 Å². The maximum atomic E-state index is 11.2. The van der Waals surface area contributed by atoms with Gasteiger partial charge in [-0.25, -0.2) is 14.8 Å². The van der Waals surface area contributed by atoms with Crippen molar-refractivity contribution in [3.05, 3.63) is 42.1 Å². The molecule has 0 aliphatic heterocycles. The Morgan fingerprint density at radius 1 is 1.38 bits per heavy atom. The van der Waals surface area contributed by atoms with Crippen LogP contribution in [0, 0.1) is 0 Å². The summed E-state index contributed by atoms with van der Waals surface area (Å²) in [5, 5.41) is 12.7. The van der Waals surface area contributed by atoms with Crippen LogP contribution in [0.2, 0.25) is 0 Å². The van der Waals surface area contributed by atoms with E-state index in [0.29, 0.717) is 5.13 Å². The van der Waals surface area contributed by atoms with Crippen molar-refractivity contribution < 1.29 is 14.6 Å². The number of carbonyl (C=O) groups is 1. The van der Waals surface area contributed by atoms with E-state index in [0.717, 1.165) is 16.0 Å². The summed E-state index contributed by atoms with van der Waals surface area (Å²) < 4.78 is 6.12. The number of nitrogens with one attached hydrogen (secondary N) is 1.